The Morgan fingerprint density at radius 2 is 0.968 bits per heavy atom. The zero-order chi connectivity index (χ0) is 24.0. The molecule has 31 heavy (non-hydrogen) atoms. The van der Waals surface area contributed by atoms with Gasteiger partial charge in [0, 0.05) is 39.6 Å². The first kappa shape index (κ1) is 34.9. The first-order chi connectivity index (χ1) is 15.0. The fourth-order valence-electron chi connectivity index (χ4n) is 1.85. The molecule has 0 saturated heterocycles. The molecule has 0 aliphatic carbocycles. The second-order valence-electron chi connectivity index (χ2n) is 6.59. The van der Waals surface area contributed by atoms with Gasteiger partial charge in [-0.3, -0.25) is 0 Å². The quantitative estimate of drug-likeness (QED) is 0.144. The van der Waals surface area contributed by atoms with E-state index in [1.165, 1.54) is 25.7 Å². The molecule has 0 aromatic rings. The average Bonchev–Trinajstić information content (AvgIpc) is 2.74. The van der Waals surface area contributed by atoms with E-state index in [1.807, 2.05) is 13.8 Å². The van der Waals surface area contributed by atoms with Crippen molar-refractivity contribution < 1.29 is 38.7 Å². The van der Waals surface area contributed by atoms with Crippen LogP contribution in [0.1, 0.15) is 79.1 Å². The van der Waals surface area contributed by atoms with Crippen LogP contribution in [0.5, 0.6) is 0 Å². The van der Waals surface area contributed by atoms with E-state index in [0.717, 1.165) is 12.8 Å². The molecule has 0 aromatic heterocycles. The molecule has 184 valence electrons. The molecule has 0 aliphatic rings. The Bertz CT molecular complexity index is 324. The number of rotatable bonds is 18. The van der Waals surface area contributed by atoms with Crippen molar-refractivity contribution >= 4 is 33.5 Å². The molecule has 0 atom stereocenters. The van der Waals surface area contributed by atoms with E-state index in [1.54, 1.807) is 8.87 Å². The maximum absolute atomic E-state index is 9.71. The summed E-state index contributed by atoms with van der Waals surface area (Å²) in [5.41, 5.74) is 0. The van der Waals surface area contributed by atoms with Crippen molar-refractivity contribution in [1.82, 2.24) is 0 Å². The Kier molecular flexibility index (Phi) is 38.1. The van der Waals surface area contributed by atoms with E-state index in [0.29, 0.717) is 39.3 Å². The third-order valence-corrected chi connectivity index (χ3v) is 7.45. The monoisotopic (exact) mass is 556 g/mol. The third-order valence-electron chi connectivity index (χ3n) is 3.42. The van der Waals surface area contributed by atoms with Gasteiger partial charge in [0.1, 0.15) is 0 Å². The fourth-order valence-corrected chi connectivity index (χ4v) is 6.01. The second-order valence-corrected chi connectivity index (χ2v) is 10.9. The SMILES string of the molecule is CCCOCCCOC(=O)[O-].CCCOCCCOC(=O)[O-].CCC[CH2][Sn+2][CH2]CCC. The predicted octanol–water partition coefficient (Wildman–Crippen LogP) is 3.45. The van der Waals surface area contributed by atoms with Gasteiger partial charge in [-0.2, -0.15) is 0 Å². The van der Waals surface area contributed by atoms with Crippen molar-refractivity contribution in [2.75, 3.05) is 39.6 Å². The van der Waals surface area contributed by atoms with Crippen LogP contribution in [0.15, 0.2) is 0 Å². The van der Waals surface area contributed by atoms with Gasteiger partial charge in [-0.15, -0.1) is 0 Å². The van der Waals surface area contributed by atoms with E-state index < -0.39 is 12.3 Å². The number of carbonyl (C=O) groups is 2. The van der Waals surface area contributed by atoms with E-state index in [4.69, 9.17) is 9.47 Å². The Hall–Kier alpha value is -0.741. The van der Waals surface area contributed by atoms with Gasteiger partial charge in [0.15, 0.2) is 0 Å². The topological polar surface area (TPSA) is 117 Å². The number of carboxylic acid groups (broad SMARTS) is 2. The molecule has 8 nitrogen and oxygen atoms in total. The Balaban J connectivity index is -0.000000382. The predicted molar refractivity (Wildman–Crippen MR) is 119 cm³/mol. The number of hydrogen-bond donors (Lipinski definition) is 0. The molecule has 0 fully saturated rings. The summed E-state index contributed by atoms with van der Waals surface area (Å²) in [5.74, 6) is 0. The summed E-state index contributed by atoms with van der Waals surface area (Å²) in [4.78, 5) is 19.4. The summed E-state index contributed by atoms with van der Waals surface area (Å²) in [7, 11) is 0. The molecule has 0 saturated carbocycles. The summed E-state index contributed by atoms with van der Waals surface area (Å²) in [6.07, 6.45) is 6.03. The molecule has 0 aliphatic heterocycles. The normalized spacial score (nSPS) is 9.42. The molecule has 0 radical (unpaired) electrons. The molecule has 0 unspecified atom stereocenters. The molecule has 0 heterocycles. The molecule has 9 heteroatoms. The van der Waals surface area contributed by atoms with Crippen LogP contribution >= 0.6 is 0 Å². The maximum atomic E-state index is 9.71. The Labute approximate surface area is 199 Å². The minimum absolute atomic E-state index is 0.149. The molecule has 0 N–H and O–H groups in total. The van der Waals surface area contributed by atoms with Crippen LogP contribution in [0.3, 0.4) is 0 Å². The first-order valence-corrected chi connectivity index (χ1v) is 15.5. The van der Waals surface area contributed by atoms with Gasteiger partial charge < -0.3 is 38.7 Å². The number of hydrogen-bond acceptors (Lipinski definition) is 8. The second kappa shape index (κ2) is 33.9. The molecule has 0 amide bonds. The summed E-state index contributed by atoms with van der Waals surface area (Å²) >= 11 is 0.149. The van der Waals surface area contributed by atoms with Crippen molar-refractivity contribution in [3.8, 4) is 0 Å². The van der Waals surface area contributed by atoms with Crippen LogP contribution < -0.4 is 10.2 Å². The number of ether oxygens (including phenoxy) is 4. The van der Waals surface area contributed by atoms with Crippen LogP contribution in [0.25, 0.3) is 0 Å². The van der Waals surface area contributed by atoms with Crippen molar-refractivity contribution in [1.29, 1.82) is 0 Å². The Morgan fingerprint density at radius 1 is 0.581 bits per heavy atom. The minimum atomic E-state index is -1.47. The molecule has 0 bridgehead atoms. The molecule has 0 spiro atoms. The first-order valence-electron chi connectivity index (χ1n) is 11.5. The van der Waals surface area contributed by atoms with Crippen molar-refractivity contribution in [3.63, 3.8) is 0 Å². The van der Waals surface area contributed by atoms with Crippen molar-refractivity contribution in [3.05, 3.63) is 0 Å². The molecule has 0 aromatic carbocycles. The van der Waals surface area contributed by atoms with Crippen LogP contribution in [-0.2, 0) is 18.9 Å². The van der Waals surface area contributed by atoms with Gasteiger partial charge in [0.25, 0.3) is 12.3 Å². The molecular weight excluding hydrogens is 511 g/mol. The Morgan fingerprint density at radius 3 is 1.26 bits per heavy atom. The van der Waals surface area contributed by atoms with Gasteiger partial charge in [-0.05, 0) is 25.7 Å². The van der Waals surface area contributed by atoms with Crippen molar-refractivity contribution in [2.45, 2.75) is 87.9 Å². The third kappa shape index (κ3) is 48.1. The molecular formula is C22H44O8Sn. The summed E-state index contributed by atoms with van der Waals surface area (Å²) in [5, 5.41) is 19.4. The summed E-state index contributed by atoms with van der Waals surface area (Å²) in [6, 6.07) is 0. The summed E-state index contributed by atoms with van der Waals surface area (Å²) < 4.78 is 21.7. The van der Waals surface area contributed by atoms with E-state index in [2.05, 4.69) is 23.3 Å². The summed E-state index contributed by atoms with van der Waals surface area (Å²) in [6.45, 7) is 11.4. The van der Waals surface area contributed by atoms with Crippen LogP contribution in [0.4, 0.5) is 9.59 Å². The van der Waals surface area contributed by atoms with E-state index in [9.17, 15) is 19.8 Å². The van der Waals surface area contributed by atoms with E-state index in [-0.39, 0.29) is 34.4 Å². The van der Waals surface area contributed by atoms with Crippen LogP contribution in [0, 0.1) is 0 Å². The zero-order valence-corrected chi connectivity index (χ0v) is 22.9. The van der Waals surface area contributed by atoms with Crippen molar-refractivity contribution in [2.24, 2.45) is 0 Å². The van der Waals surface area contributed by atoms with Crippen LogP contribution in [0.2, 0.25) is 8.87 Å². The van der Waals surface area contributed by atoms with Gasteiger partial charge in [0.05, 0.1) is 0 Å². The average molecular weight is 555 g/mol. The number of carbonyl (C=O) groups excluding carboxylic acids is 2. The standard InChI is InChI=1S/2C7H14O4.2C4H9.Sn/c2*1-2-4-10-5-3-6-11-7(8)9;2*1-3-4-2;/h2*2-6H2,1H3,(H,8,9);2*1,3-4H2,2H3;/q;;;;+2/p-2. The van der Waals surface area contributed by atoms with Gasteiger partial charge in [0.2, 0.25) is 0 Å². The van der Waals surface area contributed by atoms with Crippen LogP contribution in [-0.4, -0.2) is 73.1 Å². The molecule has 0 rings (SSSR count). The number of unbranched alkanes of at least 4 members (excludes halogenated alkanes) is 2. The van der Waals surface area contributed by atoms with Gasteiger partial charge in [-0.1, -0.05) is 13.8 Å². The van der Waals surface area contributed by atoms with Gasteiger partial charge in [-0.25, -0.2) is 0 Å². The van der Waals surface area contributed by atoms with Gasteiger partial charge >= 0.3 is 69.5 Å². The fraction of sp³-hybridized carbons (Fsp3) is 0.909. The van der Waals surface area contributed by atoms with E-state index >= 15 is 0 Å². The zero-order valence-electron chi connectivity index (χ0n) is 20.1.